The summed E-state index contributed by atoms with van der Waals surface area (Å²) in [6, 6.07) is 0. The van der Waals surface area contributed by atoms with Crippen molar-refractivity contribution < 1.29 is 42.9 Å². The Hall–Kier alpha value is -5.87. The van der Waals surface area contributed by atoms with Crippen LogP contribution < -0.4 is 5.11 Å². The average molecular weight is 1370 g/mol. The fourth-order valence-electron chi connectivity index (χ4n) is 10.4. The number of carbonyl (C=O) groups excluding carboxylic acids is 3. The minimum atomic E-state index is -1.63. The van der Waals surface area contributed by atoms with Crippen LogP contribution in [0.25, 0.3) is 0 Å². The lowest BCUT2D eigenvalue weighted by atomic mass is 10.0. The summed E-state index contributed by atoms with van der Waals surface area (Å²) < 4.78 is 22.8. The molecular weight excluding hydrogens is 1220 g/mol. The molecule has 9 nitrogen and oxygen atoms in total. The van der Waals surface area contributed by atoms with E-state index in [0.29, 0.717) is 17.4 Å². The summed E-state index contributed by atoms with van der Waals surface area (Å²) in [6.07, 6.45) is 117. The zero-order valence-electron chi connectivity index (χ0n) is 63.8. The van der Waals surface area contributed by atoms with E-state index in [2.05, 4.69) is 208 Å². The molecule has 0 rings (SSSR count). The van der Waals surface area contributed by atoms with Gasteiger partial charge in [0.25, 0.3) is 0 Å². The SMILES string of the molecule is CC/C=C\C/C=C\C/C=C\C/C=C\C/C=C\C/C=C\C/C=C\C/C=C\C/C=C\C/C=C\CCCCCCCCCCCCC(=O)OC(COC(=O)CCCCCCCCCCCCCCCC/C=C\C/C=C\C/C=C\C/C=C\C/C=C\C/C=C\CC)COC(OCC[N+](C)(C)C)C(=O)[O-]. The minimum absolute atomic E-state index is 0.138. The number of carbonyl (C=O) groups is 3. The largest absolute Gasteiger partial charge is 0.545 e. The summed E-state index contributed by atoms with van der Waals surface area (Å²) >= 11 is 0. The Labute approximate surface area is 608 Å². The van der Waals surface area contributed by atoms with Gasteiger partial charge in [-0.3, -0.25) is 9.59 Å². The second-order valence-electron chi connectivity index (χ2n) is 26.9. The first-order valence-corrected chi connectivity index (χ1v) is 39.6. The van der Waals surface area contributed by atoms with Gasteiger partial charge in [0, 0.05) is 12.8 Å². The van der Waals surface area contributed by atoms with Crippen molar-refractivity contribution in [2.75, 3.05) is 47.5 Å². The van der Waals surface area contributed by atoms with E-state index < -0.39 is 24.3 Å². The van der Waals surface area contributed by atoms with Crippen molar-refractivity contribution in [3.05, 3.63) is 194 Å². The highest BCUT2D eigenvalue weighted by molar-refractivity contribution is 5.70. The molecule has 0 aliphatic carbocycles. The van der Waals surface area contributed by atoms with Crippen LogP contribution in [-0.4, -0.2) is 82.3 Å². The van der Waals surface area contributed by atoms with Gasteiger partial charge in [-0.15, -0.1) is 0 Å². The maximum atomic E-state index is 13.0. The van der Waals surface area contributed by atoms with Crippen LogP contribution in [0.1, 0.15) is 296 Å². The van der Waals surface area contributed by atoms with Crippen LogP contribution in [0.15, 0.2) is 194 Å². The Kier molecular flexibility index (Phi) is 73.2. The molecule has 0 aromatic carbocycles. The van der Waals surface area contributed by atoms with Crippen LogP contribution in [0.4, 0.5) is 0 Å². The molecule has 0 bridgehead atoms. The van der Waals surface area contributed by atoms with Gasteiger partial charge in [0.1, 0.15) is 13.2 Å². The van der Waals surface area contributed by atoms with Crippen molar-refractivity contribution in [1.82, 2.24) is 0 Å². The van der Waals surface area contributed by atoms with Crippen molar-refractivity contribution in [1.29, 1.82) is 0 Å². The van der Waals surface area contributed by atoms with Gasteiger partial charge in [0.15, 0.2) is 12.4 Å². The molecule has 0 spiro atoms. The lowest BCUT2D eigenvalue weighted by Crippen LogP contribution is -2.44. The van der Waals surface area contributed by atoms with Crippen LogP contribution >= 0.6 is 0 Å². The van der Waals surface area contributed by atoms with Gasteiger partial charge < -0.3 is 33.3 Å². The lowest BCUT2D eigenvalue weighted by Gasteiger charge is -2.26. The normalized spacial score (nSPS) is 13.7. The van der Waals surface area contributed by atoms with E-state index in [1.54, 1.807) is 0 Å². The van der Waals surface area contributed by atoms with Crippen LogP contribution in [0, 0.1) is 0 Å². The molecule has 0 saturated carbocycles. The number of carboxylic acid groups (broad SMARTS) is 1. The summed E-state index contributed by atoms with van der Waals surface area (Å²) in [5, 5.41) is 11.9. The van der Waals surface area contributed by atoms with Crippen molar-refractivity contribution in [3.63, 3.8) is 0 Å². The molecule has 0 heterocycles. The van der Waals surface area contributed by atoms with Gasteiger partial charge in [0.05, 0.1) is 40.3 Å². The molecule has 0 amide bonds. The van der Waals surface area contributed by atoms with E-state index in [4.69, 9.17) is 18.9 Å². The van der Waals surface area contributed by atoms with Crippen LogP contribution in [0.3, 0.4) is 0 Å². The predicted octanol–water partition coefficient (Wildman–Crippen LogP) is 24.4. The molecule has 0 aliphatic rings. The number of esters is 2. The molecule has 0 N–H and O–H groups in total. The molecule has 0 fully saturated rings. The molecule has 9 heteroatoms. The quantitative estimate of drug-likeness (QED) is 0.0195. The van der Waals surface area contributed by atoms with Crippen molar-refractivity contribution >= 4 is 17.9 Å². The van der Waals surface area contributed by atoms with Crippen LogP contribution in [0.2, 0.25) is 0 Å². The summed E-state index contributed by atoms with van der Waals surface area (Å²) in [5.74, 6) is -2.30. The molecule has 2 unspecified atom stereocenters. The molecule has 558 valence electrons. The lowest BCUT2D eigenvalue weighted by molar-refractivity contribution is -0.870. The highest BCUT2D eigenvalue weighted by Crippen LogP contribution is 2.17. The topological polar surface area (TPSA) is 111 Å². The average Bonchev–Trinajstić information content (AvgIpc) is 2.62. The number of rotatable bonds is 71. The smallest absolute Gasteiger partial charge is 0.306 e. The number of allylic oxidation sites excluding steroid dienone is 32. The van der Waals surface area contributed by atoms with Gasteiger partial charge >= 0.3 is 11.9 Å². The first kappa shape index (κ1) is 93.1. The van der Waals surface area contributed by atoms with E-state index in [1.807, 2.05) is 21.1 Å². The fourth-order valence-corrected chi connectivity index (χ4v) is 10.4. The predicted molar refractivity (Wildman–Crippen MR) is 425 cm³/mol. The number of ether oxygens (including phenoxy) is 4. The molecule has 0 saturated heterocycles. The monoisotopic (exact) mass is 1370 g/mol. The molecular formula is C90H145NO8. The maximum absolute atomic E-state index is 13.0. The van der Waals surface area contributed by atoms with Gasteiger partial charge in [-0.2, -0.15) is 0 Å². The standard InChI is InChI=1S/C90H145NO8/c1-6-8-10-12-14-16-18-20-22-24-26-28-30-32-34-36-38-40-41-42-43-44-45-46-47-49-51-53-55-57-59-61-63-65-67-69-71-73-75-77-79-81-88(93)99-86(85-98-90(89(94)95)96-83-82-91(3,4)5)84-97-87(92)80-78-76-74-72-70-68-66-64-62-60-58-56-54-52-50-48-39-37-35-33-31-29-27-25-23-21-19-17-15-13-11-9-7-2/h8-11,14-17,20-23,26-29,32-35,38-40,42-43,45-46,48-49,51,55,57,86,90H,6-7,12-13,18-19,24-25,30-31,36-37,41,44,47,50,52-54,56,58-85H2,1-5H3/b10-8-,11-9-,16-14-,17-15-,22-20-,23-21-,28-26-,29-27-,34-32-,35-33-,40-38-,43-42-,46-45-,48-39-,51-49-,57-55-. The number of hydrogen-bond donors (Lipinski definition) is 0. The summed E-state index contributed by atoms with van der Waals surface area (Å²) in [4.78, 5) is 37.6. The summed E-state index contributed by atoms with van der Waals surface area (Å²) in [6.45, 7) is 4.51. The molecule has 99 heavy (non-hydrogen) atoms. The van der Waals surface area contributed by atoms with Crippen molar-refractivity contribution in [3.8, 4) is 0 Å². The first-order chi connectivity index (χ1) is 48.6. The Morgan fingerprint density at radius 1 is 0.303 bits per heavy atom. The second-order valence-corrected chi connectivity index (χ2v) is 26.9. The number of hydrogen-bond acceptors (Lipinski definition) is 8. The number of quaternary nitrogens is 1. The number of unbranched alkanes of at least 4 members (excludes halogenated alkanes) is 24. The maximum Gasteiger partial charge on any atom is 0.306 e. The molecule has 0 aliphatic heterocycles. The Balaban J connectivity index is 4.12. The Bertz CT molecular complexity index is 2340. The summed E-state index contributed by atoms with van der Waals surface area (Å²) in [5.41, 5.74) is 0. The second kappa shape index (κ2) is 77.9. The van der Waals surface area contributed by atoms with Crippen molar-refractivity contribution in [2.24, 2.45) is 0 Å². The number of likely N-dealkylation sites (N-methyl/N-ethyl adjacent to an activating group) is 1. The van der Waals surface area contributed by atoms with Crippen molar-refractivity contribution in [2.45, 2.75) is 309 Å². The number of aliphatic carboxylic acids is 1. The molecule has 0 radical (unpaired) electrons. The highest BCUT2D eigenvalue weighted by atomic mass is 16.7. The third-order valence-corrected chi connectivity index (χ3v) is 16.3. The van der Waals surface area contributed by atoms with Crippen LogP contribution in [-0.2, 0) is 33.3 Å². The van der Waals surface area contributed by atoms with Crippen LogP contribution in [0.5, 0.6) is 0 Å². The molecule has 0 aromatic rings. The van der Waals surface area contributed by atoms with E-state index in [1.165, 1.54) is 116 Å². The number of carboxylic acids is 1. The molecule has 0 aromatic heterocycles. The third-order valence-electron chi connectivity index (χ3n) is 16.3. The zero-order chi connectivity index (χ0) is 71.8. The summed E-state index contributed by atoms with van der Waals surface area (Å²) in [7, 11) is 5.93. The van der Waals surface area contributed by atoms with Gasteiger partial charge in [-0.05, 0) is 141 Å². The van der Waals surface area contributed by atoms with E-state index >= 15 is 0 Å². The first-order valence-electron chi connectivity index (χ1n) is 39.6. The third kappa shape index (κ3) is 79.3. The highest BCUT2D eigenvalue weighted by Gasteiger charge is 2.22. The Morgan fingerprint density at radius 3 is 0.808 bits per heavy atom. The van der Waals surface area contributed by atoms with E-state index in [0.717, 1.165) is 148 Å². The number of nitrogens with zero attached hydrogens (tertiary/aromatic N) is 1. The van der Waals surface area contributed by atoms with E-state index in [-0.39, 0.29) is 38.6 Å². The molecule has 2 atom stereocenters. The Morgan fingerprint density at radius 2 is 0.545 bits per heavy atom. The van der Waals surface area contributed by atoms with Gasteiger partial charge in [-0.25, -0.2) is 0 Å². The zero-order valence-corrected chi connectivity index (χ0v) is 63.8. The van der Waals surface area contributed by atoms with E-state index in [9.17, 15) is 19.5 Å². The fraction of sp³-hybridized carbons (Fsp3) is 0.611. The van der Waals surface area contributed by atoms with Gasteiger partial charge in [-0.1, -0.05) is 337 Å². The minimum Gasteiger partial charge on any atom is -0.545 e. The van der Waals surface area contributed by atoms with Gasteiger partial charge in [0.2, 0.25) is 0 Å².